The lowest BCUT2D eigenvalue weighted by Gasteiger charge is -2.31. The van der Waals surface area contributed by atoms with Crippen molar-refractivity contribution in [3.8, 4) is 0 Å². The van der Waals surface area contributed by atoms with Crippen molar-refractivity contribution in [1.82, 2.24) is 19.2 Å². The first-order valence-electron chi connectivity index (χ1n) is 10.4. The summed E-state index contributed by atoms with van der Waals surface area (Å²) in [6, 6.07) is 5.02. The third-order valence-corrected chi connectivity index (χ3v) is 7.92. The fraction of sp³-hybridized carbons (Fsp3) is 0.524. The van der Waals surface area contributed by atoms with Crippen molar-refractivity contribution in [2.75, 3.05) is 13.1 Å². The van der Waals surface area contributed by atoms with E-state index in [1.54, 1.807) is 6.20 Å². The van der Waals surface area contributed by atoms with Crippen LogP contribution < -0.4 is 5.32 Å². The fourth-order valence-corrected chi connectivity index (χ4v) is 5.63. The molecule has 1 aliphatic carbocycles. The van der Waals surface area contributed by atoms with Crippen LogP contribution in [-0.2, 0) is 21.9 Å². The number of piperidine rings is 1. The third-order valence-electron chi connectivity index (χ3n) is 6.03. The molecule has 4 rings (SSSR count). The molecule has 2 heterocycles. The Morgan fingerprint density at radius 2 is 2.00 bits per heavy atom. The number of aromatic nitrogens is 2. The van der Waals surface area contributed by atoms with E-state index in [9.17, 15) is 17.6 Å². The molecule has 1 aromatic heterocycles. The molecule has 1 aromatic carbocycles. The van der Waals surface area contributed by atoms with Crippen LogP contribution in [0.4, 0.5) is 4.39 Å². The van der Waals surface area contributed by atoms with Crippen LogP contribution in [0.5, 0.6) is 0 Å². The first-order chi connectivity index (χ1) is 14.3. The van der Waals surface area contributed by atoms with Crippen LogP contribution in [-0.4, -0.2) is 41.3 Å². The van der Waals surface area contributed by atoms with Crippen LogP contribution in [0.15, 0.2) is 41.6 Å². The highest BCUT2D eigenvalue weighted by Crippen LogP contribution is 2.40. The van der Waals surface area contributed by atoms with Gasteiger partial charge in [-0.1, -0.05) is 6.07 Å². The van der Waals surface area contributed by atoms with Crippen LogP contribution in [0.2, 0.25) is 0 Å². The van der Waals surface area contributed by atoms with Crippen molar-refractivity contribution in [2.24, 2.45) is 18.9 Å². The Bertz CT molecular complexity index is 1010. The SMILES string of the molecule is Cn1ccnc1C(NC(=O)CC1CCN(S(=O)(=O)c2cccc(F)c2)CC1)C1CC1. The number of nitrogens with one attached hydrogen (secondary N) is 1. The maximum Gasteiger partial charge on any atom is 0.243 e. The van der Waals surface area contributed by atoms with E-state index in [0.717, 1.165) is 24.7 Å². The van der Waals surface area contributed by atoms with Gasteiger partial charge in [0.2, 0.25) is 15.9 Å². The first-order valence-corrected chi connectivity index (χ1v) is 11.8. The topological polar surface area (TPSA) is 84.3 Å². The molecule has 162 valence electrons. The van der Waals surface area contributed by atoms with Gasteiger partial charge in [-0.25, -0.2) is 17.8 Å². The fourth-order valence-electron chi connectivity index (χ4n) is 4.12. The Morgan fingerprint density at radius 3 is 2.60 bits per heavy atom. The summed E-state index contributed by atoms with van der Waals surface area (Å²) in [5.41, 5.74) is 0. The van der Waals surface area contributed by atoms with E-state index in [2.05, 4.69) is 10.3 Å². The molecule has 1 atom stereocenters. The minimum atomic E-state index is -3.71. The summed E-state index contributed by atoms with van der Waals surface area (Å²) in [6.07, 6.45) is 7.40. The smallest absolute Gasteiger partial charge is 0.243 e. The summed E-state index contributed by atoms with van der Waals surface area (Å²) < 4.78 is 42.2. The van der Waals surface area contributed by atoms with Crippen molar-refractivity contribution < 1.29 is 17.6 Å². The average molecular weight is 435 g/mol. The summed E-state index contributed by atoms with van der Waals surface area (Å²) in [4.78, 5) is 17.0. The Kier molecular flexibility index (Phi) is 5.92. The second-order valence-corrected chi connectivity index (χ2v) is 10.2. The van der Waals surface area contributed by atoms with Gasteiger partial charge >= 0.3 is 0 Å². The van der Waals surface area contributed by atoms with Crippen LogP contribution in [0.3, 0.4) is 0 Å². The van der Waals surface area contributed by atoms with Gasteiger partial charge in [0.1, 0.15) is 11.6 Å². The van der Waals surface area contributed by atoms with Gasteiger partial charge < -0.3 is 9.88 Å². The van der Waals surface area contributed by atoms with Gasteiger partial charge in [0.05, 0.1) is 10.9 Å². The molecular weight excluding hydrogens is 407 g/mol. The zero-order chi connectivity index (χ0) is 21.3. The lowest BCUT2D eigenvalue weighted by molar-refractivity contribution is -0.123. The van der Waals surface area contributed by atoms with Gasteiger partial charge in [-0.05, 0) is 55.7 Å². The number of benzene rings is 1. The lowest BCUT2D eigenvalue weighted by Crippen LogP contribution is -2.40. The van der Waals surface area contributed by atoms with E-state index in [0.29, 0.717) is 38.3 Å². The molecule has 1 unspecified atom stereocenters. The largest absolute Gasteiger partial charge is 0.346 e. The van der Waals surface area contributed by atoms with Gasteiger partial charge in [-0.15, -0.1) is 0 Å². The molecule has 30 heavy (non-hydrogen) atoms. The number of hydrogen-bond acceptors (Lipinski definition) is 4. The van der Waals surface area contributed by atoms with Gasteiger partial charge in [-0.2, -0.15) is 4.31 Å². The number of imidazole rings is 1. The number of halogens is 1. The van der Waals surface area contributed by atoms with E-state index >= 15 is 0 Å². The highest BCUT2D eigenvalue weighted by Gasteiger charge is 2.36. The van der Waals surface area contributed by atoms with Crippen LogP contribution in [0, 0.1) is 17.7 Å². The van der Waals surface area contributed by atoms with E-state index in [-0.39, 0.29) is 22.8 Å². The van der Waals surface area contributed by atoms with Crippen molar-refractivity contribution >= 4 is 15.9 Å². The number of carbonyl (C=O) groups excluding carboxylic acids is 1. The second-order valence-electron chi connectivity index (χ2n) is 8.29. The van der Waals surface area contributed by atoms with E-state index in [4.69, 9.17) is 0 Å². The van der Waals surface area contributed by atoms with Crippen molar-refractivity contribution in [2.45, 2.75) is 43.0 Å². The predicted molar refractivity (Wildman–Crippen MR) is 109 cm³/mol. The number of nitrogens with zero attached hydrogens (tertiary/aromatic N) is 3. The second kappa shape index (κ2) is 8.47. The summed E-state index contributed by atoms with van der Waals surface area (Å²) in [7, 11) is -1.78. The van der Waals surface area contributed by atoms with Gasteiger partial charge in [-0.3, -0.25) is 4.79 Å². The molecule has 1 aliphatic heterocycles. The minimum Gasteiger partial charge on any atom is -0.346 e. The van der Waals surface area contributed by atoms with Gasteiger partial charge in [0, 0.05) is 39.0 Å². The molecule has 2 aromatic rings. The minimum absolute atomic E-state index is 0.0127. The van der Waals surface area contributed by atoms with E-state index < -0.39 is 15.8 Å². The molecule has 2 fully saturated rings. The number of aryl methyl sites for hydroxylation is 1. The van der Waals surface area contributed by atoms with Crippen LogP contribution >= 0.6 is 0 Å². The Balaban J connectivity index is 1.32. The molecule has 1 N–H and O–H groups in total. The van der Waals surface area contributed by atoms with Crippen molar-refractivity contribution in [1.29, 1.82) is 0 Å². The summed E-state index contributed by atoms with van der Waals surface area (Å²) in [6.45, 7) is 0.671. The van der Waals surface area contributed by atoms with E-state index in [1.807, 2.05) is 17.8 Å². The zero-order valence-corrected chi connectivity index (χ0v) is 17.8. The molecule has 0 radical (unpaired) electrons. The summed E-state index contributed by atoms with van der Waals surface area (Å²) in [5.74, 6) is 0.863. The Morgan fingerprint density at radius 1 is 1.27 bits per heavy atom. The number of amides is 1. The number of sulfonamides is 1. The number of rotatable bonds is 7. The van der Waals surface area contributed by atoms with Crippen molar-refractivity contribution in [3.05, 3.63) is 48.3 Å². The quantitative estimate of drug-likeness (QED) is 0.726. The Labute approximate surface area is 176 Å². The lowest BCUT2D eigenvalue weighted by atomic mass is 9.94. The Hall–Kier alpha value is -2.26. The highest BCUT2D eigenvalue weighted by atomic mass is 32.2. The predicted octanol–water partition coefficient (Wildman–Crippen LogP) is 2.62. The molecule has 0 spiro atoms. The molecule has 1 saturated heterocycles. The van der Waals surface area contributed by atoms with Crippen LogP contribution in [0.1, 0.15) is 44.0 Å². The normalized spacial score (nSPS) is 19.5. The average Bonchev–Trinajstić information content (AvgIpc) is 3.47. The maximum absolute atomic E-state index is 13.4. The molecule has 2 aliphatic rings. The van der Waals surface area contributed by atoms with Gasteiger partial charge in [0.25, 0.3) is 0 Å². The molecular formula is C21H27FN4O3S. The number of carbonyl (C=O) groups is 1. The summed E-state index contributed by atoms with van der Waals surface area (Å²) in [5, 5.41) is 3.15. The summed E-state index contributed by atoms with van der Waals surface area (Å²) >= 11 is 0. The zero-order valence-electron chi connectivity index (χ0n) is 17.0. The third kappa shape index (κ3) is 4.57. The molecule has 9 heteroatoms. The number of hydrogen-bond donors (Lipinski definition) is 1. The standard InChI is InChI=1S/C21H27FN4O3S/c1-25-12-9-23-21(25)20(16-5-6-16)24-19(27)13-15-7-10-26(11-8-15)30(28,29)18-4-2-3-17(22)14-18/h2-4,9,12,14-16,20H,5-8,10-11,13H2,1H3,(H,24,27). The van der Waals surface area contributed by atoms with Crippen LogP contribution in [0.25, 0.3) is 0 Å². The molecule has 0 bridgehead atoms. The monoisotopic (exact) mass is 434 g/mol. The highest BCUT2D eigenvalue weighted by molar-refractivity contribution is 7.89. The van der Waals surface area contributed by atoms with Crippen molar-refractivity contribution in [3.63, 3.8) is 0 Å². The molecule has 1 saturated carbocycles. The first kappa shape index (κ1) is 21.0. The molecule has 1 amide bonds. The van der Waals surface area contributed by atoms with E-state index in [1.165, 1.54) is 22.5 Å². The van der Waals surface area contributed by atoms with Gasteiger partial charge in [0.15, 0.2) is 0 Å². The maximum atomic E-state index is 13.4. The molecule has 7 nitrogen and oxygen atoms in total.